The van der Waals surface area contributed by atoms with Crippen molar-refractivity contribution in [2.24, 2.45) is 0 Å². The fraction of sp³-hybridized carbons (Fsp3) is 0.320. The zero-order valence-electron chi connectivity index (χ0n) is 18.8. The second-order valence-corrected chi connectivity index (χ2v) is 8.39. The van der Waals surface area contributed by atoms with Crippen LogP contribution in [0.2, 0.25) is 0 Å². The van der Waals surface area contributed by atoms with Crippen LogP contribution in [-0.4, -0.2) is 38.7 Å². The average Bonchev–Trinajstić information content (AvgIpc) is 3.25. The lowest BCUT2D eigenvalue weighted by Crippen LogP contribution is -2.35. The standard InChI is InChI=1S/C25H28N4O2S/c1-5-31-22(30)15-28-24(23(27-25(28)32)20-11-8-9-13-26-20)19-14-17(3)29(18(19)4)21-12-7-6-10-16(21)2/h6-14,23-24H,5,15H2,1-4H3,(H,27,32). The van der Waals surface area contributed by atoms with Crippen LogP contribution in [0.5, 0.6) is 0 Å². The molecule has 0 bridgehead atoms. The Kier molecular flexibility index (Phi) is 6.28. The summed E-state index contributed by atoms with van der Waals surface area (Å²) in [4.78, 5) is 18.9. The maximum Gasteiger partial charge on any atom is 0.325 e. The Labute approximate surface area is 194 Å². The minimum atomic E-state index is -0.295. The highest BCUT2D eigenvalue weighted by molar-refractivity contribution is 7.80. The van der Waals surface area contributed by atoms with Crippen molar-refractivity contribution >= 4 is 23.3 Å². The van der Waals surface area contributed by atoms with Crippen LogP contribution in [0.4, 0.5) is 0 Å². The number of nitrogens with one attached hydrogen (secondary N) is 1. The zero-order valence-corrected chi connectivity index (χ0v) is 19.6. The molecule has 1 aliphatic heterocycles. The van der Waals surface area contributed by atoms with Gasteiger partial charge < -0.3 is 19.5 Å². The van der Waals surface area contributed by atoms with Crippen LogP contribution in [-0.2, 0) is 9.53 Å². The van der Waals surface area contributed by atoms with Crippen LogP contribution in [0, 0.1) is 20.8 Å². The quantitative estimate of drug-likeness (QED) is 0.447. The summed E-state index contributed by atoms with van der Waals surface area (Å²) in [5.74, 6) is -0.295. The van der Waals surface area contributed by atoms with Crippen molar-refractivity contribution in [3.8, 4) is 5.69 Å². The molecule has 7 heteroatoms. The predicted molar refractivity (Wildman–Crippen MR) is 129 cm³/mol. The number of nitrogens with zero attached hydrogens (tertiary/aromatic N) is 3. The van der Waals surface area contributed by atoms with Crippen molar-refractivity contribution in [1.82, 2.24) is 19.8 Å². The number of carbonyl (C=O) groups excluding carboxylic acids is 1. The van der Waals surface area contributed by atoms with Crippen LogP contribution >= 0.6 is 12.2 Å². The number of esters is 1. The monoisotopic (exact) mass is 448 g/mol. The number of aromatic nitrogens is 2. The van der Waals surface area contributed by atoms with Crippen LogP contribution in [0.1, 0.15) is 47.2 Å². The summed E-state index contributed by atoms with van der Waals surface area (Å²) in [6.07, 6.45) is 1.78. The molecule has 2 atom stereocenters. The first-order valence-corrected chi connectivity index (χ1v) is 11.2. The number of pyridine rings is 1. The number of benzene rings is 1. The van der Waals surface area contributed by atoms with Gasteiger partial charge in [0.2, 0.25) is 0 Å². The predicted octanol–water partition coefficient (Wildman–Crippen LogP) is 4.33. The fourth-order valence-corrected chi connectivity index (χ4v) is 4.84. The fourth-order valence-electron chi connectivity index (χ4n) is 4.53. The summed E-state index contributed by atoms with van der Waals surface area (Å²) in [5.41, 5.74) is 6.58. The Morgan fingerprint density at radius 3 is 2.59 bits per heavy atom. The number of thiocarbonyl (C=S) groups is 1. The second-order valence-electron chi connectivity index (χ2n) is 8.01. The molecule has 166 valence electrons. The zero-order chi connectivity index (χ0) is 22.8. The van der Waals surface area contributed by atoms with Gasteiger partial charge in [0.05, 0.1) is 24.4 Å². The van der Waals surface area contributed by atoms with Gasteiger partial charge in [-0.05, 0) is 75.3 Å². The normalized spacial score (nSPS) is 18.0. The van der Waals surface area contributed by atoms with E-state index >= 15 is 0 Å². The van der Waals surface area contributed by atoms with E-state index in [9.17, 15) is 4.79 Å². The lowest BCUT2D eigenvalue weighted by atomic mass is 9.96. The molecule has 2 aromatic heterocycles. The molecule has 6 nitrogen and oxygen atoms in total. The second kappa shape index (κ2) is 9.12. The molecule has 3 aromatic rings. The van der Waals surface area contributed by atoms with E-state index in [0.717, 1.165) is 28.3 Å². The maximum absolute atomic E-state index is 12.4. The molecule has 0 radical (unpaired) electrons. The first-order valence-electron chi connectivity index (χ1n) is 10.8. The van der Waals surface area contributed by atoms with E-state index in [0.29, 0.717) is 11.7 Å². The van der Waals surface area contributed by atoms with Crippen molar-refractivity contribution in [2.75, 3.05) is 13.2 Å². The number of hydrogen-bond acceptors (Lipinski definition) is 4. The average molecular weight is 449 g/mol. The lowest BCUT2D eigenvalue weighted by Gasteiger charge is -2.27. The molecular formula is C25H28N4O2S. The number of ether oxygens (including phenoxy) is 1. The summed E-state index contributed by atoms with van der Waals surface area (Å²) >= 11 is 5.67. The summed E-state index contributed by atoms with van der Waals surface area (Å²) < 4.78 is 7.50. The van der Waals surface area contributed by atoms with E-state index in [4.69, 9.17) is 17.0 Å². The molecule has 0 amide bonds. The third kappa shape index (κ3) is 4.00. The van der Waals surface area contributed by atoms with Crippen molar-refractivity contribution < 1.29 is 9.53 Å². The van der Waals surface area contributed by atoms with Crippen molar-refractivity contribution in [1.29, 1.82) is 0 Å². The van der Waals surface area contributed by atoms with E-state index in [-0.39, 0.29) is 24.6 Å². The van der Waals surface area contributed by atoms with Gasteiger partial charge in [0.25, 0.3) is 0 Å². The smallest absolute Gasteiger partial charge is 0.325 e. The molecule has 1 saturated heterocycles. The number of carbonyl (C=O) groups is 1. The summed E-state index contributed by atoms with van der Waals surface area (Å²) in [6, 6.07) is 16.0. The molecule has 0 aliphatic carbocycles. The van der Waals surface area contributed by atoms with Crippen molar-refractivity contribution in [2.45, 2.75) is 39.8 Å². The third-order valence-electron chi connectivity index (χ3n) is 5.95. The molecule has 1 aromatic carbocycles. The lowest BCUT2D eigenvalue weighted by molar-refractivity contribution is -0.143. The largest absolute Gasteiger partial charge is 0.465 e. The SMILES string of the molecule is CCOC(=O)CN1C(=S)NC(c2ccccn2)C1c1cc(C)n(-c2ccccc2C)c1C. The van der Waals surface area contributed by atoms with Crippen molar-refractivity contribution in [3.63, 3.8) is 0 Å². The summed E-state index contributed by atoms with van der Waals surface area (Å²) in [7, 11) is 0. The van der Waals surface area contributed by atoms with Crippen LogP contribution in [0.15, 0.2) is 54.7 Å². The number of para-hydroxylation sites is 1. The van der Waals surface area contributed by atoms with Gasteiger partial charge in [-0.3, -0.25) is 9.78 Å². The van der Waals surface area contributed by atoms with Gasteiger partial charge in [0.15, 0.2) is 5.11 Å². The highest BCUT2D eigenvalue weighted by atomic mass is 32.1. The Hall–Kier alpha value is -3.19. The topological polar surface area (TPSA) is 59.4 Å². The highest BCUT2D eigenvalue weighted by Gasteiger charge is 2.42. The summed E-state index contributed by atoms with van der Waals surface area (Å²) in [5, 5.41) is 3.93. The Morgan fingerprint density at radius 1 is 1.16 bits per heavy atom. The van der Waals surface area contributed by atoms with Crippen LogP contribution in [0.25, 0.3) is 5.69 Å². The Morgan fingerprint density at radius 2 is 1.91 bits per heavy atom. The molecule has 1 fully saturated rings. The molecule has 1 N–H and O–H groups in total. The van der Waals surface area contributed by atoms with Gasteiger partial charge in [-0.1, -0.05) is 24.3 Å². The Balaban J connectivity index is 1.83. The summed E-state index contributed by atoms with van der Waals surface area (Å²) in [6.45, 7) is 8.57. The molecule has 0 saturated carbocycles. The number of rotatable bonds is 6. The Bertz CT molecular complexity index is 1140. The van der Waals surface area contributed by atoms with Gasteiger partial charge in [-0.15, -0.1) is 0 Å². The molecule has 2 unspecified atom stereocenters. The van der Waals surface area contributed by atoms with Gasteiger partial charge >= 0.3 is 5.97 Å². The molecular weight excluding hydrogens is 420 g/mol. The van der Waals surface area contributed by atoms with E-state index in [1.165, 1.54) is 5.56 Å². The van der Waals surface area contributed by atoms with Gasteiger partial charge in [-0.2, -0.15) is 0 Å². The third-order valence-corrected chi connectivity index (χ3v) is 6.30. The van der Waals surface area contributed by atoms with E-state index in [1.807, 2.05) is 36.1 Å². The van der Waals surface area contributed by atoms with E-state index in [2.05, 4.69) is 59.9 Å². The number of hydrogen-bond donors (Lipinski definition) is 1. The maximum atomic E-state index is 12.4. The molecule has 32 heavy (non-hydrogen) atoms. The molecule has 3 heterocycles. The van der Waals surface area contributed by atoms with Gasteiger partial charge in [0, 0.05) is 23.3 Å². The molecule has 0 spiro atoms. The van der Waals surface area contributed by atoms with E-state index in [1.54, 1.807) is 6.20 Å². The highest BCUT2D eigenvalue weighted by Crippen LogP contribution is 2.41. The minimum absolute atomic E-state index is 0.0850. The first-order chi connectivity index (χ1) is 15.4. The van der Waals surface area contributed by atoms with Gasteiger partial charge in [-0.25, -0.2) is 0 Å². The molecule has 1 aliphatic rings. The van der Waals surface area contributed by atoms with E-state index < -0.39 is 0 Å². The van der Waals surface area contributed by atoms with Crippen molar-refractivity contribution in [3.05, 3.63) is 82.9 Å². The molecule has 4 rings (SSSR count). The first kappa shape index (κ1) is 22.0. The minimum Gasteiger partial charge on any atom is -0.465 e. The van der Waals surface area contributed by atoms with Gasteiger partial charge in [0.1, 0.15) is 6.54 Å². The number of aryl methyl sites for hydroxylation is 2. The van der Waals surface area contributed by atoms with Crippen LogP contribution < -0.4 is 5.32 Å². The van der Waals surface area contributed by atoms with Crippen LogP contribution in [0.3, 0.4) is 0 Å².